The number of nitrogens with zero attached hydrogens (tertiary/aromatic N) is 3. The molecule has 39 heavy (non-hydrogen) atoms. The average Bonchev–Trinajstić information content (AvgIpc) is 3.41. The van der Waals surface area contributed by atoms with E-state index in [0.717, 1.165) is 16.8 Å². The number of ether oxygens (including phenoxy) is 2. The van der Waals surface area contributed by atoms with Crippen LogP contribution < -0.4 is 30.3 Å². The molecule has 4 rings (SSSR count). The van der Waals surface area contributed by atoms with Gasteiger partial charge in [-0.25, -0.2) is 4.79 Å². The molecule has 0 saturated carbocycles. The van der Waals surface area contributed by atoms with Crippen LogP contribution in [0.2, 0.25) is 0 Å². The normalized spacial score (nSPS) is 11.3. The highest BCUT2D eigenvalue weighted by molar-refractivity contribution is 7.18. The largest absolute Gasteiger partial charge is 0.497 e. The van der Waals surface area contributed by atoms with E-state index in [0.29, 0.717) is 27.3 Å². The summed E-state index contributed by atoms with van der Waals surface area (Å²) in [6, 6.07) is 20.9. The molecule has 3 amide bonds. The lowest BCUT2D eigenvalue weighted by Crippen LogP contribution is -2.46. The Morgan fingerprint density at radius 2 is 1.56 bits per heavy atom. The number of hydrogen-bond acceptors (Lipinski definition) is 8. The number of hydrogen-bond donors (Lipinski definition) is 3. The van der Waals surface area contributed by atoms with Crippen LogP contribution in [0.25, 0.3) is 10.6 Å². The standard InChI is InChI=1S/C28H30N6O4S/c1-34(2)21-12-10-19(11-13-21)26-32-33-28(39-26)31-25(35)24(14-18-8-6-5-7-9-18)30-27(36)29-20-15-22(37-3)17-23(16-20)38-4/h5-13,15-17,24H,14H2,1-4H3,(H2,29,30,36)(H,31,33,35). The number of amides is 3. The molecule has 0 bridgehead atoms. The van der Waals surface area contributed by atoms with Crippen molar-refractivity contribution in [3.63, 3.8) is 0 Å². The summed E-state index contributed by atoms with van der Waals surface area (Å²) in [5.74, 6) is 0.626. The molecular formula is C28H30N6O4S. The highest BCUT2D eigenvalue weighted by atomic mass is 32.1. The Morgan fingerprint density at radius 3 is 2.18 bits per heavy atom. The first kappa shape index (κ1) is 27.4. The topological polar surface area (TPSA) is 118 Å². The minimum atomic E-state index is -0.883. The second-order valence-electron chi connectivity index (χ2n) is 8.79. The SMILES string of the molecule is COc1cc(NC(=O)NC(Cc2ccccc2)C(=O)Nc2nnc(-c3ccc(N(C)C)cc3)s2)cc(OC)c1. The first-order chi connectivity index (χ1) is 18.8. The summed E-state index contributed by atoms with van der Waals surface area (Å²) in [6.45, 7) is 0. The van der Waals surface area contributed by atoms with Gasteiger partial charge in [-0.3, -0.25) is 10.1 Å². The number of carbonyl (C=O) groups is 2. The van der Waals surface area contributed by atoms with Gasteiger partial charge in [0.2, 0.25) is 11.0 Å². The monoisotopic (exact) mass is 546 g/mol. The molecule has 0 fully saturated rings. The van der Waals surface area contributed by atoms with E-state index in [1.165, 1.54) is 25.6 Å². The molecule has 1 heterocycles. The fraction of sp³-hybridized carbons (Fsp3) is 0.214. The maximum absolute atomic E-state index is 13.3. The maximum Gasteiger partial charge on any atom is 0.319 e. The van der Waals surface area contributed by atoms with Crippen LogP contribution in [-0.4, -0.2) is 56.5 Å². The molecule has 1 unspecified atom stereocenters. The fourth-order valence-electron chi connectivity index (χ4n) is 3.75. The molecular weight excluding hydrogens is 516 g/mol. The van der Waals surface area contributed by atoms with E-state index < -0.39 is 18.0 Å². The summed E-state index contributed by atoms with van der Waals surface area (Å²) in [7, 11) is 7.00. The third-order valence-electron chi connectivity index (χ3n) is 5.80. The van der Waals surface area contributed by atoms with E-state index in [1.807, 2.05) is 73.6 Å². The second kappa shape index (κ2) is 12.7. The molecule has 10 nitrogen and oxygen atoms in total. The third-order valence-corrected chi connectivity index (χ3v) is 6.69. The Bertz CT molecular complexity index is 1390. The summed E-state index contributed by atoms with van der Waals surface area (Å²) < 4.78 is 10.5. The lowest BCUT2D eigenvalue weighted by Gasteiger charge is -2.18. The summed E-state index contributed by atoms with van der Waals surface area (Å²) >= 11 is 1.26. The Kier molecular flexibility index (Phi) is 8.95. The van der Waals surface area contributed by atoms with Crippen molar-refractivity contribution in [3.05, 3.63) is 78.4 Å². The number of anilines is 3. The van der Waals surface area contributed by atoms with Crippen molar-refractivity contribution in [1.82, 2.24) is 15.5 Å². The first-order valence-corrected chi connectivity index (χ1v) is 12.9. The van der Waals surface area contributed by atoms with Crippen molar-refractivity contribution in [1.29, 1.82) is 0 Å². The molecule has 0 spiro atoms. The molecule has 0 aliphatic rings. The van der Waals surface area contributed by atoms with Crippen molar-refractivity contribution in [2.75, 3.05) is 43.8 Å². The molecule has 0 aliphatic heterocycles. The molecule has 4 aromatic rings. The molecule has 0 radical (unpaired) electrons. The number of carbonyl (C=O) groups excluding carboxylic acids is 2. The molecule has 0 aliphatic carbocycles. The van der Waals surface area contributed by atoms with Crippen LogP contribution in [0.15, 0.2) is 72.8 Å². The van der Waals surface area contributed by atoms with Crippen LogP contribution in [0.1, 0.15) is 5.56 Å². The van der Waals surface area contributed by atoms with Crippen LogP contribution in [0.5, 0.6) is 11.5 Å². The Morgan fingerprint density at radius 1 is 0.897 bits per heavy atom. The molecule has 0 saturated heterocycles. The van der Waals surface area contributed by atoms with Crippen LogP contribution in [-0.2, 0) is 11.2 Å². The van der Waals surface area contributed by atoms with Gasteiger partial charge in [-0.05, 0) is 29.8 Å². The van der Waals surface area contributed by atoms with Crippen molar-refractivity contribution < 1.29 is 19.1 Å². The average molecular weight is 547 g/mol. The fourth-order valence-corrected chi connectivity index (χ4v) is 4.50. The Balaban J connectivity index is 1.48. The van der Waals surface area contributed by atoms with Crippen molar-refractivity contribution in [2.45, 2.75) is 12.5 Å². The molecule has 1 aromatic heterocycles. The predicted octanol–water partition coefficient (Wildman–Crippen LogP) is 4.66. The second-order valence-corrected chi connectivity index (χ2v) is 9.76. The van der Waals surface area contributed by atoms with Gasteiger partial charge < -0.3 is 25.0 Å². The van der Waals surface area contributed by atoms with E-state index in [-0.39, 0.29) is 6.42 Å². The van der Waals surface area contributed by atoms with Crippen LogP contribution in [0.3, 0.4) is 0 Å². The zero-order valence-corrected chi connectivity index (χ0v) is 22.9. The number of urea groups is 1. The zero-order valence-electron chi connectivity index (χ0n) is 22.1. The molecule has 1 atom stereocenters. The van der Waals surface area contributed by atoms with Crippen molar-refractivity contribution in [2.24, 2.45) is 0 Å². The Hall–Kier alpha value is -4.64. The van der Waals surface area contributed by atoms with Gasteiger partial charge in [-0.1, -0.05) is 41.7 Å². The van der Waals surface area contributed by atoms with E-state index in [9.17, 15) is 9.59 Å². The minimum absolute atomic E-state index is 0.277. The number of nitrogens with one attached hydrogen (secondary N) is 3. The van der Waals surface area contributed by atoms with Crippen LogP contribution >= 0.6 is 11.3 Å². The molecule has 202 valence electrons. The number of rotatable bonds is 10. The summed E-state index contributed by atoms with van der Waals surface area (Å²) in [5, 5.41) is 17.7. The highest BCUT2D eigenvalue weighted by Crippen LogP contribution is 2.28. The lowest BCUT2D eigenvalue weighted by molar-refractivity contribution is -0.117. The quantitative estimate of drug-likeness (QED) is 0.265. The summed E-state index contributed by atoms with van der Waals surface area (Å²) in [4.78, 5) is 28.2. The van der Waals surface area contributed by atoms with Crippen LogP contribution in [0.4, 0.5) is 21.3 Å². The van der Waals surface area contributed by atoms with Gasteiger partial charge >= 0.3 is 6.03 Å². The third kappa shape index (κ3) is 7.45. The van der Waals surface area contributed by atoms with Gasteiger partial charge in [0.1, 0.15) is 22.5 Å². The number of benzene rings is 3. The van der Waals surface area contributed by atoms with Gasteiger partial charge in [-0.2, -0.15) is 0 Å². The van der Waals surface area contributed by atoms with Crippen molar-refractivity contribution in [3.8, 4) is 22.1 Å². The molecule has 3 N–H and O–H groups in total. The predicted molar refractivity (Wildman–Crippen MR) is 154 cm³/mol. The Labute approximate surface area is 231 Å². The lowest BCUT2D eigenvalue weighted by atomic mass is 10.1. The van der Waals surface area contributed by atoms with Gasteiger partial charge in [0.25, 0.3) is 0 Å². The first-order valence-electron chi connectivity index (χ1n) is 12.1. The van der Waals surface area contributed by atoms with Gasteiger partial charge in [0.05, 0.1) is 14.2 Å². The van der Waals surface area contributed by atoms with Gasteiger partial charge in [0, 0.05) is 55.7 Å². The summed E-state index contributed by atoms with van der Waals surface area (Å²) in [5.41, 5.74) is 3.31. The smallest absolute Gasteiger partial charge is 0.319 e. The number of methoxy groups -OCH3 is 2. The zero-order chi connectivity index (χ0) is 27.8. The van der Waals surface area contributed by atoms with Gasteiger partial charge in [0.15, 0.2) is 0 Å². The van der Waals surface area contributed by atoms with E-state index >= 15 is 0 Å². The minimum Gasteiger partial charge on any atom is -0.497 e. The van der Waals surface area contributed by atoms with Crippen molar-refractivity contribution >= 4 is 39.8 Å². The van der Waals surface area contributed by atoms with E-state index in [1.54, 1.807) is 18.2 Å². The molecule has 3 aromatic carbocycles. The van der Waals surface area contributed by atoms with Gasteiger partial charge in [-0.15, -0.1) is 10.2 Å². The number of aromatic nitrogens is 2. The summed E-state index contributed by atoms with van der Waals surface area (Å²) in [6.07, 6.45) is 0.277. The maximum atomic E-state index is 13.3. The van der Waals surface area contributed by atoms with E-state index in [2.05, 4.69) is 26.1 Å². The molecule has 11 heteroatoms. The van der Waals surface area contributed by atoms with Crippen LogP contribution in [0, 0.1) is 0 Å². The highest BCUT2D eigenvalue weighted by Gasteiger charge is 2.23. The van der Waals surface area contributed by atoms with E-state index in [4.69, 9.17) is 9.47 Å².